The molecule has 1 aliphatic rings. The van der Waals surface area contributed by atoms with E-state index in [0.29, 0.717) is 25.4 Å². The molecule has 2 heterocycles. The van der Waals surface area contributed by atoms with Crippen molar-refractivity contribution in [1.29, 1.82) is 0 Å². The third kappa shape index (κ3) is 3.17. The van der Waals surface area contributed by atoms with Gasteiger partial charge in [-0.3, -0.25) is 4.79 Å². The topological polar surface area (TPSA) is 75.7 Å². The molecule has 6 heteroatoms. The number of hydrogen-bond acceptors (Lipinski definition) is 5. The largest absolute Gasteiger partial charge is 0.454 e. The first-order valence-electron chi connectivity index (χ1n) is 6.64. The molecule has 0 fully saturated rings. The molecule has 1 aromatic carbocycles. The summed E-state index contributed by atoms with van der Waals surface area (Å²) in [5.41, 5.74) is 7.12. The van der Waals surface area contributed by atoms with Crippen molar-refractivity contribution < 1.29 is 14.2 Å². The van der Waals surface area contributed by atoms with Gasteiger partial charge in [0.25, 0.3) is 5.56 Å². The first-order chi connectivity index (χ1) is 10.2. The number of hydrogen-bond donors (Lipinski definition) is 1. The van der Waals surface area contributed by atoms with Crippen molar-refractivity contribution in [2.24, 2.45) is 0 Å². The van der Waals surface area contributed by atoms with Gasteiger partial charge in [0.2, 0.25) is 6.79 Å². The number of benzene rings is 1. The van der Waals surface area contributed by atoms with Gasteiger partial charge in [-0.2, -0.15) is 0 Å². The number of ether oxygens (including phenoxy) is 3. The van der Waals surface area contributed by atoms with E-state index in [9.17, 15) is 4.79 Å². The second-order valence-electron chi connectivity index (χ2n) is 4.73. The molecule has 0 aliphatic carbocycles. The Morgan fingerprint density at radius 3 is 2.95 bits per heavy atom. The van der Waals surface area contributed by atoms with E-state index in [2.05, 4.69) is 0 Å². The van der Waals surface area contributed by atoms with Gasteiger partial charge < -0.3 is 24.5 Å². The van der Waals surface area contributed by atoms with Gasteiger partial charge in [0.15, 0.2) is 11.5 Å². The Morgan fingerprint density at radius 1 is 1.19 bits per heavy atom. The quantitative estimate of drug-likeness (QED) is 0.841. The maximum absolute atomic E-state index is 11.6. The van der Waals surface area contributed by atoms with Crippen molar-refractivity contribution in [3.63, 3.8) is 0 Å². The minimum Gasteiger partial charge on any atom is -0.454 e. The minimum absolute atomic E-state index is 0.0871. The zero-order valence-corrected chi connectivity index (χ0v) is 11.5. The molecule has 110 valence electrons. The molecule has 0 spiro atoms. The Labute approximate surface area is 121 Å². The lowest BCUT2D eigenvalue weighted by Gasteiger charge is -2.08. The first kappa shape index (κ1) is 13.5. The number of aromatic nitrogens is 1. The monoisotopic (exact) mass is 288 g/mol. The van der Waals surface area contributed by atoms with Crippen LogP contribution in [0.1, 0.15) is 5.56 Å². The lowest BCUT2D eigenvalue weighted by molar-refractivity contribution is 0.112. The molecule has 0 unspecified atom stereocenters. The molecule has 0 radical (unpaired) electrons. The number of pyridine rings is 1. The van der Waals surface area contributed by atoms with E-state index in [-0.39, 0.29) is 12.4 Å². The first-order valence-corrected chi connectivity index (χ1v) is 6.64. The van der Waals surface area contributed by atoms with Crippen molar-refractivity contribution in [3.05, 3.63) is 52.4 Å². The van der Waals surface area contributed by atoms with Crippen LogP contribution in [0.2, 0.25) is 0 Å². The molecule has 2 N–H and O–H groups in total. The van der Waals surface area contributed by atoms with Crippen molar-refractivity contribution in [2.45, 2.75) is 13.2 Å². The molecule has 1 aromatic heterocycles. The van der Waals surface area contributed by atoms with Crippen LogP contribution in [0.15, 0.2) is 41.3 Å². The van der Waals surface area contributed by atoms with E-state index in [1.165, 1.54) is 10.6 Å². The minimum atomic E-state index is -0.0871. The van der Waals surface area contributed by atoms with E-state index in [4.69, 9.17) is 19.9 Å². The summed E-state index contributed by atoms with van der Waals surface area (Å²) in [6, 6.07) is 8.73. The summed E-state index contributed by atoms with van der Waals surface area (Å²) >= 11 is 0. The van der Waals surface area contributed by atoms with Crippen molar-refractivity contribution in [3.8, 4) is 11.5 Å². The number of anilines is 1. The summed E-state index contributed by atoms with van der Waals surface area (Å²) in [5, 5.41) is 0. The van der Waals surface area contributed by atoms with Crippen LogP contribution in [0, 0.1) is 0 Å². The number of nitrogens with zero attached hydrogens (tertiary/aromatic N) is 1. The third-order valence-corrected chi connectivity index (χ3v) is 3.19. The van der Waals surface area contributed by atoms with E-state index in [1.807, 2.05) is 18.2 Å². The van der Waals surface area contributed by atoms with Gasteiger partial charge in [-0.1, -0.05) is 6.07 Å². The molecule has 6 nitrogen and oxygen atoms in total. The van der Waals surface area contributed by atoms with Crippen LogP contribution >= 0.6 is 0 Å². The van der Waals surface area contributed by atoms with Crippen LogP contribution in [0.5, 0.6) is 11.5 Å². The summed E-state index contributed by atoms with van der Waals surface area (Å²) in [6.45, 7) is 1.61. The summed E-state index contributed by atoms with van der Waals surface area (Å²) in [6.07, 6.45) is 1.62. The predicted octanol–water partition coefficient (Wildman–Crippen LogP) is 1.38. The molecule has 21 heavy (non-hydrogen) atoms. The number of fused-ring (bicyclic) bond motifs is 1. The highest BCUT2D eigenvalue weighted by atomic mass is 16.7. The summed E-state index contributed by atoms with van der Waals surface area (Å²) in [4.78, 5) is 11.6. The average molecular weight is 288 g/mol. The molecule has 0 atom stereocenters. The molecular formula is C15H16N2O4. The van der Waals surface area contributed by atoms with Crippen molar-refractivity contribution in [2.75, 3.05) is 19.1 Å². The van der Waals surface area contributed by atoms with Crippen LogP contribution in [-0.2, 0) is 17.9 Å². The lowest BCUT2D eigenvalue weighted by atomic mass is 10.2. The maximum Gasteiger partial charge on any atom is 0.250 e. The second kappa shape index (κ2) is 5.88. The fourth-order valence-corrected chi connectivity index (χ4v) is 2.11. The molecule has 0 bridgehead atoms. The fraction of sp³-hybridized carbons (Fsp3) is 0.267. The average Bonchev–Trinajstić information content (AvgIpc) is 2.94. The highest BCUT2D eigenvalue weighted by Gasteiger charge is 2.12. The molecule has 0 saturated carbocycles. The van der Waals surface area contributed by atoms with E-state index >= 15 is 0 Å². The molecule has 2 aromatic rings. The van der Waals surface area contributed by atoms with Gasteiger partial charge >= 0.3 is 0 Å². The van der Waals surface area contributed by atoms with Gasteiger partial charge in [-0.25, -0.2) is 0 Å². The highest BCUT2D eigenvalue weighted by Crippen LogP contribution is 2.32. The van der Waals surface area contributed by atoms with Gasteiger partial charge in [-0.05, 0) is 23.8 Å². The SMILES string of the molecule is Nc1ccc(=O)n(CCOCc2ccc3c(c2)OCO3)c1. The summed E-state index contributed by atoms with van der Waals surface area (Å²) in [5.74, 6) is 1.49. The standard InChI is InChI=1S/C15H16N2O4/c16-12-2-4-15(18)17(8-12)5-6-19-9-11-1-3-13-14(7-11)21-10-20-13/h1-4,7-8H,5-6,9-10,16H2. The summed E-state index contributed by atoms with van der Waals surface area (Å²) in [7, 11) is 0. The Bertz CT molecular complexity index is 696. The Kier molecular flexibility index (Phi) is 3.79. The van der Waals surface area contributed by atoms with Crippen molar-refractivity contribution in [1.82, 2.24) is 4.57 Å². The Hall–Kier alpha value is -2.47. The van der Waals surface area contributed by atoms with Gasteiger partial charge in [0.05, 0.1) is 13.2 Å². The Morgan fingerprint density at radius 2 is 2.05 bits per heavy atom. The van der Waals surface area contributed by atoms with Crippen LogP contribution < -0.4 is 20.8 Å². The molecule has 0 amide bonds. The van der Waals surface area contributed by atoms with Gasteiger partial charge in [0.1, 0.15) is 0 Å². The Balaban J connectivity index is 1.52. The van der Waals surface area contributed by atoms with Gasteiger partial charge in [-0.15, -0.1) is 0 Å². The zero-order chi connectivity index (χ0) is 14.7. The van der Waals surface area contributed by atoms with Crippen LogP contribution in [0.4, 0.5) is 5.69 Å². The van der Waals surface area contributed by atoms with Crippen molar-refractivity contribution >= 4 is 5.69 Å². The molecule has 0 saturated heterocycles. The normalized spacial score (nSPS) is 12.6. The highest BCUT2D eigenvalue weighted by molar-refractivity contribution is 5.44. The van der Waals surface area contributed by atoms with E-state index in [0.717, 1.165) is 17.1 Å². The smallest absolute Gasteiger partial charge is 0.250 e. The molecule has 1 aliphatic heterocycles. The zero-order valence-electron chi connectivity index (χ0n) is 11.5. The van der Waals surface area contributed by atoms with Crippen LogP contribution in [0.3, 0.4) is 0 Å². The number of nitrogens with two attached hydrogens (primary N) is 1. The predicted molar refractivity (Wildman–Crippen MR) is 77.3 cm³/mol. The van der Waals surface area contributed by atoms with E-state index < -0.39 is 0 Å². The number of rotatable bonds is 5. The second-order valence-corrected chi connectivity index (χ2v) is 4.73. The molecule has 3 rings (SSSR count). The van der Waals surface area contributed by atoms with Gasteiger partial charge in [0, 0.05) is 24.5 Å². The van der Waals surface area contributed by atoms with Crippen LogP contribution in [-0.4, -0.2) is 18.0 Å². The van der Waals surface area contributed by atoms with E-state index in [1.54, 1.807) is 12.3 Å². The maximum atomic E-state index is 11.6. The summed E-state index contributed by atoms with van der Waals surface area (Å²) < 4.78 is 17.7. The number of nitrogen functional groups attached to an aromatic ring is 1. The van der Waals surface area contributed by atoms with Crippen LogP contribution in [0.25, 0.3) is 0 Å². The fourth-order valence-electron chi connectivity index (χ4n) is 2.11. The lowest BCUT2D eigenvalue weighted by Crippen LogP contribution is -2.21. The third-order valence-electron chi connectivity index (χ3n) is 3.19. The molecular weight excluding hydrogens is 272 g/mol.